The minimum absolute atomic E-state index is 0.886. The van der Waals surface area contributed by atoms with Gasteiger partial charge in [-0.15, -0.1) is 0 Å². The molecular weight excluding hydrogens is 240 g/mol. The number of hydrogen-bond donors (Lipinski definition) is 0. The minimum atomic E-state index is 0.886. The van der Waals surface area contributed by atoms with E-state index in [4.69, 9.17) is 0 Å². The lowest BCUT2D eigenvalue weighted by atomic mass is 9.83. The summed E-state index contributed by atoms with van der Waals surface area (Å²) in [5.41, 5.74) is 0. The van der Waals surface area contributed by atoms with E-state index in [9.17, 15) is 0 Å². The summed E-state index contributed by atoms with van der Waals surface area (Å²) in [6.07, 6.45) is 14.7. The van der Waals surface area contributed by atoms with Crippen LogP contribution >= 0.6 is 0 Å². The molecular formula is C20H40. The summed E-state index contributed by atoms with van der Waals surface area (Å²) in [6.45, 7) is 12.1. The molecule has 1 fully saturated rings. The van der Waals surface area contributed by atoms with Crippen LogP contribution in [0.1, 0.15) is 98.8 Å². The van der Waals surface area contributed by atoms with E-state index in [1.807, 2.05) is 0 Å². The van der Waals surface area contributed by atoms with Crippen LogP contribution in [0.2, 0.25) is 0 Å². The van der Waals surface area contributed by atoms with Gasteiger partial charge in [-0.1, -0.05) is 79.6 Å². The maximum Gasteiger partial charge on any atom is -0.0386 e. The summed E-state index contributed by atoms with van der Waals surface area (Å²) in [4.78, 5) is 0. The van der Waals surface area contributed by atoms with Crippen molar-refractivity contribution in [3.63, 3.8) is 0 Å². The van der Waals surface area contributed by atoms with Gasteiger partial charge >= 0.3 is 0 Å². The second-order valence-electron chi connectivity index (χ2n) is 8.11. The van der Waals surface area contributed by atoms with E-state index >= 15 is 0 Å². The summed E-state index contributed by atoms with van der Waals surface area (Å²) >= 11 is 0. The standard InChI is InChI=1S/C20H40/c1-6-7-8-11-17(4)19-13-14-20(15-19)18(5)12-9-10-16(2)3/h16-20H,6-15H2,1-5H3. The van der Waals surface area contributed by atoms with Gasteiger partial charge in [0.2, 0.25) is 0 Å². The zero-order chi connectivity index (χ0) is 15.0. The van der Waals surface area contributed by atoms with E-state index in [0.29, 0.717) is 0 Å². The van der Waals surface area contributed by atoms with Crippen molar-refractivity contribution in [1.82, 2.24) is 0 Å². The summed E-state index contributed by atoms with van der Waals surface area (Å²) < 4.78 is 0. The lowest BCUT2D eigenvalue weighted by Gasteiger charge is -2.22. The van der Waals surface area contributed by atoms with Gasteiger partial charge in [0.05, 0.1) is 0 Å². The van der Waals surface area contributed by atoms with Crippen molar-refractivity contribution >= 4 is 0 Å². The van der Waals surface area contributed by atoms with Crippen molar-refractivity contribution < 1.29 is 0 Å². The molecule has 0 aliphatic heterocycles. The summed E-state index contributed by atoms with van der Waals surface area (Å²) in [6, 6.07) is 0. The van der Waals surface area contributed by atoms with Crippen molar-refractivity contribution in [2.45, 2.75) is 98.8 Å². The van der Waals surface area contributed by atoms with E-state index in [1.165, 1.54) is 64.2 Å². The largest absolute Gasteiger partial charge is 0.0654 e. The van der Waals surface area contributed by atoms with Crippen LogP contribution in [-0.2, 0) is 0 Å². The van der Waals surface area contributed by atoms with Crippen LogP contribution in [0.4, 0.5) is 0 Å². The molecule has 1 saturated carbocycles. The van der Waals surface area contributed by atoms with E-state index in [2.05, 4.69) is 34.6 Å². The smallest absolute Gasteiger partial charge is 0.0386 e. The Morgan fingerprint density at radius 2 is 1.30 bits per heavy atom. The Morgan fingerprint density at radius 3 is 1.80 bits per heavy atom. The van der Waals surface area contributed by atoms with Crippen LogP contribution in [-0.4, -0.2) is 0 Å². The predicted octanol–water partition coefficient (Wildman–Crippen LogP) is 7.08. The van der Waals surface area contributed by atoms with Crippen molar-refractivity contribution in [3.05, 3.63) is 0 Å². The van der Waals surface area contributed by atoms with Gasteiger partial charge in [-0.2, -0.15) is 0 Å². The lowest BCUT2D eigenvalue weighted by Crippen LogP contribution is -2.12. The van der Waals surface area contributed by atoms with Crippen LogP contribution in [0.25, 0.3) is 0 Å². The molecule has 120 valence electrons. The topological polar surface area (TPSA) is 0 Å². The molecule has 0 bridgehead atoms. The molecule has 1 rings (SSSR count). The zero-order valence-corrected chi connectivity index (χ0v) is 15.0. The minimum Gasteiger partial charge on any atom is -0.0654 e. The fourth-order valence-electron chi connectivity index (χ4n) is 4.12. The second kappa shape index (κ2) is 9.85. The van der Waals surface area contributed by atoms with Crippen molar-refractivity contribution in [3.8, 4) is 0 Å². The lowest BCUT2D eigenvalue weighted by molar-refractivity contribution is 0.284. The molecule has 4 atom stereocenters. The third kappa shape index (κ3) is 6.64. The van der Waals surface area contributed by atoms with Crippen LogP contribution in [0.3, 0.4) is 0 Å². The molecule has 1 aliphatic rings. The first-order valence-electron chi connectivity index (χ1n) is 9.54. The average molecular weight is 281 g/mol. The number of rotatable bonds is 10. The van der Waals surface area contributed by atoms with E-state index in [0.717, 1.165) is 29.6 Å². The number of hydrogen-bond acceptors (Lipinski definition) is 0. The van der Waals surface area contributed by atoms with Gasteiger partial charge in [0, 0.05) is 0 Å². The molecule has 0 aromatic heterocycles. The molecule has 0 saturated heterocycles. The Labute approximate surface area is 129 Å². The van der Waals surface area contributed by atoms with Gasteiger partial charge in [-0.05, 0) is 48.9 Å². The SMILES string of the molecule is CCCCCC(C)C1CCC(C(C)CCCC(C)C)C1. The molecule has 20 heavy (non-hydrogen) atoms. The van der Waals surface area contributed by atoms with Gasteiger partial charge in [-0.3, -0.25) is 0 Å². The maximum atomic E-state index is 2.52. The Kier molecular flexibility index (Phi) is 8.89. The number of unbranched alkanes of at least 4 members (excludes halogenated alkanes) is 2. The third-order valence-corrected chi connectivity index (χ3v) is 5.83. The normalized spacial score (nSPS) is 26.1. The maximum absolute atomic E-state index is 2.52. The fourth-order valence-corrected chi connectivity index (χ4v) is 4.12. The fraction of sp³-hybridized carbons (Fsp3) is 1.00. The first kappa shape index (κ1) is 18.1. The van der Waals surface area contributed by atoms with Crippen molar-refractivity contribution in [2.24, 2.45) is 29.6 Å². The van der Waals surface area contributed by atoms with Gasteiger partial charge in [0.15, 0.2) is 0 Å². The van der Waals surface area contributed by atoms with E-state index in [1.54, 1.807) is 0 Å². The molecule has 0 aromatic carbocycles. The highest BCUT2D eigenvalue weighted by molar-refractivity contribution is 4.82. The van der Waals surface area contributed by atoms with Crippen LogP contribution in [0.15, 0.2) is 0 Å². The zero-order valence-electron chi connectivity index (χ0n) is 15.0. The van der Waals surface area contributed by atoms with Crippen LogP contribution in [0, 0.1) is 29.6 Å². The van der Waals surface area contributed by atoms with Crippen molar-refractivity contribution in [1.29, 1.82) is 0 Å². The molecule has 0 nitrogen and oxygen atoms in total. The Balaban J connectivity index is 2.20. The van der Waals surface area contributed by atoms with E-state index < -0.39 is 0 Å². The highest BCUT2D eigenvalue weighted by atomic mass is 14.4. The highest BCUT2D eigenvalue weighted by Crippen LogP contribution is 2.42. The molecule has 1 aliphatic carbocycles. The van der Waals surface area contributed by atoms with E-state index in [-0.39, 0.29) is 0 Å². The Bertz CT molecular complexity index is 230. The summed E-state index contributed by atoms with van der Waals surface area (Å²) in [5, 5.41) is 0. The summed E-state index contributed by atoms with van der Waals surface area (Å²) in [7, 11) is 0. The molecule has 0 N–H and O–H groups in total. The molecule has 0 heteroatoms. The van der Waals surface area contributed by atoms with Crippen LogP contribution < -0.4 is 0 Å². The Hall–Kier alpha value is 0. The van der Waals surface area contributed by atoms with Gasteiger partial charge in [-0.25, -0.2) is 0 Å². The van der Waals surface area contributed by atoms with Gasteiger partial charge in [0.25, 0.3) is 0 Å². The average Bonchev–Trinajstić information content (AvgIpc) is 2.88. The molecule has 0 aromatic rings. The second-order valence-corrected chi connectivity index (χ2v) is 8.11. The monoisotopic (exact) mass is 280 g/mol. The molecule has 0 radical (unpaired) electrons. The third-order valence-electron chi connectivity index (χ3n) is 5.83. The van der Waals surface area contributed by atoms with Crippen molar-refractivity contribution in [2.75, 3.05) is 0 Å². The molecule has 4 unspecified atom stereocenters. The van der Waals surface area contributed by atoms with Gasteiger partial charge in [0.1, 0.15) is 0 Å². The highest BCUT2D eigenvalue weighted by Gasteiger charge is 2.31. The Morgan fingerprint density at radius 1 is 0.750 bits per heavy atom. The first-order chi connectivity index (χ1) is 9.54. The quantitative estimate of drug-likeness (QED) is 0.375. The first-order valence-corrected chi connectivity index (χ1v) is 9.54. The predicted molar refractivity (Wildman–Crippen MR) is 92.0 cm³/mol. The van der Waals surface area contributed by atoms with Crippen LogP contribution in [0.5, 0.6) is 0 Å². The molecule has 0 amide bonds. The molecule has 0 heterocycles. The molecule has 0 spiro atoms. The van der Waals surface area contributed by atoms with Gasteiger partial charge < -0.3 is 0 Å². The summed E-state index contributed by atoms with van der Waals surface area (Å²) in [5.74, 6) is 4.93.